The summed E-state index contributed by atoms with van der Waals surface area (Å²) >= 11 is 13.5. The zero-order valence-electron chi connectivity index (χ0n) is 12.0. The summed E-state index contributed by atoms with van der Waals surface area (Å²) in [6.45, 7) is 4.01. The van der Waals surface area contributed by atoms with Crippen LogP contribution in [0.15, 0.2) is 36.4 Å². The van der Waals surface area contributed by atoms with Gasteiger partial charge in [0.15, 0.2) is 5.11 Å². The Balaban J connectivity index is 2.09. The molecule has 0 fully saturated rings. The standard InChI is InChI=1S/C16H14ClIN2OS/c1-9-8-14(10(2)7-13(9)18)19-16(22)20-15(21)11-5-3-4-6-12(11)17/h3-8H,1-2H3,(H2,19,20,21,22). The van der Waals surface area contributed by atoms with Gasteiger partial charge in [-0.3, -0.25) is 10.1 Å². The lowest BCUT2D eigenvalue weighted by atomic mass is 10.1. The number of aryl methyl sites for hydroxylation is 2. The number of nitrogens with one attached hydrogen (secondary N) is 2. The Labute approximate surface area is 153 Å². The van der Waals surface area contributed by atoms with E-state index in [1.165, 1.54) is 3.57 Å². The summed E-state index contributed by atoms with van der Waals surface area (Å²) in [5.41, 5.74) is 3.48. The van der Waals surface area contributed by atoms with Crippen molar-refractivity contribution in [1.29, 1.82) is 0 Å². The molecule has 2 N–H and O–H groups in total. The highest BCUT2D eigenvalue weighted by molar-refractivity contribution is 14.1. The lowest BCUT2D eigenvalue weighted by Gasteiger charge is -2.13. The summed E-state index contributed by atoms with van der Waals surface area (Å²) in [6, 6.07) is 10.9. The molecule has 0 unspecified atom stereocenters. The molecule has 2 aromatic rings. The predicted molar refractivity (Wildman–Crippen MR) is 104 cm³/mol. The van der Waals surface area contributed by atoms with Crippen molar-refractivity contribution in [3.63, 3.8) is 0 Å². The highest BCUT2D eigenvalue weighted by Crippen LogP contribution is 2.22. The summed E-state index contributed by atoms with van der Waals surface area (Å²) in [7, 11) is 0. The third-order valence-corrected chi connectivity index (χ3v) is 4.80. The monoisotopic (exact) mass is 444 g/mol. The molecular weight excluding hydrogens is 431 g/mol. The van der Waals surface area contributed by atoms with Crippen LogP contribution in [-0.4, -0.2) is 11.0 Å². The molecule has 0 aliphatic rings. The lowest BCUT2D eigenvalue weighted by molar-refractivity contribution is 0.0978. The molecule has 3 nitrogen and oxygen atoms in total. The van der Waals surface area contributed by atoms with E-state index in [0.29, 0.717) is 10.6 Å². The zero-order chi connectivity index (χ0) is 16.3. The van der Waals surface area contributed by atoms with Crippen LogP contribution in [0.2, 0.25) is 5.02 Å². The van der Waals surface area contributed by atoms with Crippen molar-refractivity contribution in [3.05, 3.63) is 61.7 Å². The third-order valence-electron chi connectivity index (χ3n) is 3.10. The van der Waals surface area contributed by atoms with Crippen molar-refractivity contribution in [2.75, 3.05) is 5.32 Å². The van der Waals surface area contributed by atoms with Crippen LogP contribution >= 0.6 is 46.4 Å². The van der Waals surface area contributed by atoms with Gasteiger partial charge in [0.25, 0.3) is 5.91 Å². The second kappa shape index (κ2) is 7.39. The van der Waals surface area contributed by atoms with Crippen LogP contribution < -0.4 is 10.6 Å². The summed E-state index contributed by atoms with van der Waals surface area (Å²) in [5, 5.41) is 6.33. The van der Waals surface area contributed by atoms with Gasteiger partial charge in [0.2, 0.25) is 0 Å². The molecular formula is C16H14ClIN2OS. The third kappa shape index (κ3) is 4.18. The molecule has 0 saturated carbocycles. The van der Waals surface area contributed by atoms with Gasteiger partial charge in [-0.2, -0.15) is 0 Å². The van der Waals surface area contributed by atoms with E-state index in [4.69, 9.17) is 23.8 Å². The Morgan fingerprint density at radius 2 is 1.86 bits per heavy atom. The van der Waals surface area contributed by atoms with Crippen molar-refractivity contribution >= 4 is 63.1 Å². The first-order valence-electron chi connectivity index (χ1n) is 6.52. The van der Waals surface area contributed by atoms with E-state index < -0.39 is 0 Å². The van der Waals surface area contributed by atoms with Crippen LogP contribution in [-0.2, 0) is 0 Å². The maximum atomic E-state index is 12.1. The average Bonchev–Trinajstić information content (AvgIpc) is 2.45. The molecule has 114 valence electrons. The summed E-state index contributed by atoms with van der Waals surface area (Å²) < 4.78 is 1.19. The Morgan fingerprint density at radius 1 is 1.18 bits per heavy atom. The minimum absolute atomic E-state index is 0.244. The first-order valence-corrected chi connectivity index (χ1v) is 8.38. The molecule has 0 saturated heterocycles. The number of benzene rings is 2. The molecule has 22 heavy (non-hydrogen) atoms. The Morgan fingerprint density at radius 3 is 2.55 bits per heavy atom. The second-order valence-corrected chi connectivity index (χ2v) is 6.78. The minimum Gasteiger partial charge on any atom is -0.332 e. The predicted octanol–water partition coefficient (Wildman–Crippen LogP) is 4.69. The number of thiocarbonyl (C=S) groups is 1. The zero-order valence-corrected chi connectivity index (χ0v) is 15.8. The van der Waals surface area contributed by atoms with Crippen molar-refractivity contribution in [2.45, 2.75) is 13.8 Å². The molecule has 2 aromatic carbocycles. The number of anilines is 1. The van der Waals surface area contributed by atoms with Gasteiger partial charge in [0.1, 0.15) is 0 Å². The van der Waals surface area contributed by atoms with E-state index in [2.05, 4.69) is 39.3 Å². The molecule has 0 atom stereocenters. The van der Waals surface area contributed by atoms with Gasteiger partial charge in [-0.05, 0) is 84.0 Å². The fourth-order valence-corrected chi connectivity index (χ4v) is 2.93. The first-order chi connectivity index (χ1) is 10.4. The molecule has 6 heteroatoms. The van der Waals surface area contributed by atoms with E-state index in [9.17, 15) is 4.79 Å². The Kier molecular flexibility index (Phi) is 5.77. The van der Waals surface area contributed by atoms with Crippen LogP contribution in [0, 0.1) is 17.4 Å². The Bertz CT molecular complexity index is 749. The van der Waals surface area contributed by atoms with Gasteiger partial charge in [0, 0.05) is 9.26 Å². The van der Waals surface area contributed by atoms with Gasteiger partial charge in [0.05, 0.1) is 10.6 Å². The SMILES string of the molecule is Cc1cc(NC(=S)NC(=O)c2ccccc2Cl)c(C)cc1I. The summed E-state index contributed by atoms with van der Waals surface area (Å²) in [6.07, 6.45) is 0. The van der Waals surface area contributed by atoms with Gasteiger partial charge >= 0.3 is 0 Å². The number of hydrogen-bond acceptors (Lipinski definition) is 2. The highest BCUT2D eigenvalue weighted by atomic mass is 127. The summed E-state index contributed by atoms with van der Waals surface area (Å²) in [5.74, 6) is -0.331. The first kappa shape index (κ1) is 17.2. The van der Waals surface area contributed by atoms with Crippen LogP contribution in [0.5, 0.6) is 0 Å². The van der Waals surface area contributed by atoms with E-state index in [-0.39, 0.29) is 11.0 Å². The van der Waals surface area contributed by atoms with E-state index >= 15 is 0 Å². The number of carbonyl (C=O) groups is 1. The number of amides is 1. The van der Waals surface area contributed by atoms with Gasteiger partial charge < -0.3 is 5.32 Å². The topological polar surface area (TPSA) is 41.1 Å². The second-order valence-electron chi connectivity index (χ2n) is 4.80. The fourth-order valence-electron chi connectivity index (χ4n) is 1.88. The van der Waals surface area contributed by atoms with Gasteiger partial charge in [-0.15, -0.1) is 0 Å². The van der Waals surface area contributed by atoms with E-state index in [0.717, 1.165) is 16.8 Å². The van der Waals surface area contributed by atoms with Crippen molar-refractivity contribution in [3.8, 4) is 0 Å². The molecule has 0 aliphatic carbocycles. The number of carbonyl (C=O) groups excluding carboxylic acids is 1. The van der Waals surface area contributed by atoms with E-state index in [1.807, 2.05) is 19.9 Å². The number of rotatable bonds is 2. The van der Waals surface area contributed by atoms with Crippen molar-refractivity contribution < 1.29 is 4.79 Å². The fraction of sp³-hybridized carbons (Fsp3) is 0.125. The number of hydrogen-bond donors (Lipinski definition) is 2. The molecule has 0 radical (unpaired) electrons. The molecule has 0 bridgehead atoms. The van der Waals surface area contributed by atoms with Crippen LogP contribution in [0.25, 0.3) is 0 Å². The quantitative estimate of drug-likeness (QED) is 0.522. The summed E-state index contributed by atoms with van der Waals surface area (Å²) in [4.78, 5) is 12.1. The van der Waals surface area contributed by atoms with Gasteiger partial charge in [-0.25, -0.2) is 0 Å². The molecule has 0 aliphatic heterocycles. The van der Waals surface area contributed by atoms with Crippen LogP contribution in [0.1, 0.15) is 21.5 Å². The van der Waals surface area contributed by atoms with Crippen molar-refractivity contribution in [2.24, 2.45) is 0 Å². The molecule has 0 aromatic heterocycles. The largest absolute Gasteiger partial charge is 0.332 e. The maximum Gasteiger partial charge on any atom is 0.258 e. The lowest BCUT2D eigenvalue weighted by Crippen LogP contribution is -2.34. The Hall–Kier alpha value is -1.18. The maximum absolute atomic E-state index is 12.1. The highest BCUT2D eigenvalue weighted by Gasteiger charge is 2.12. The molecule has 0 heterocycles. The smallest absolute Gasteiger partial charge is 0.258 e. The minimum atomic E-state index is -0.331. The number of halogens is 2. The normalized spacial score (nSPS) is 10.2. The van der Waals surface area contributed by atoms with E-state index in [1.54, 1.807) is 24.3 Å². The van der Waals surface area contributed by atoms with Crippen LogP contribution in [0.4, 0.5) is 5.69 Å². The molecule has 0 spiro atoms. The molecule has 2 rings (SSSR count). The molecule has 1 amide bonds. The average molecular weight is 445 g/mol. The van der Waals surface area contributed by atoms with Gasteiger partial charge in [-0.1, -0.05) is 23.7 Å². The van der Waals surface area contributed by atoms with Crippen molar-refractivity contribution in [1.82, 2.24) is 5.32 Å². The van der Waals surface area contributed by atoms with Crippen LogP contribution in [0.3, 0.4) is 0 Å².